The topological polar surface area (TPSA) is 116 Å². The standard InChI is InChI=1S/C20H20I2N4O4/c21-15-7-3-5-13(11-15)19(29)25-23-17(27)9-1-2-10-18(28)24-26-20(30)14-6-4-8-16(22)12-14/h3-8,11-12H,1-2,9-10H2,(H,23,27)(H,24,28)(H,25,29)(H,26,30). The molecule has 0 aliphatic rings. The van der Waals surface area contributed by atoms with E-state index in [0.29, 0.717) is 24.0 Å². The van der Waals surface area contributed by atoms with Gasteiger partial charge in [-0.3, -0.25) is 40.9 Å². The zero-order valence-electron chi connectivity index (χ0n) is 15.8. The quantitative estimate of drug-likeness (QED) is 0.213. The van der Waals surface area contributed by atoms with Gasteiger partial charge in [0.1, 0.15) is 0 Å². The van der Waals surface area contributed by atoms with Gasteiger partial charge >= 0.3 is 0 Å². The van der Waals surface area contributed by atoms with Crippen molar-refractivity contribution in [3.63, 3.8) is 0 Å². The Morgan fingerprint density at radius 2 is 1.03 bits per heavy atom. The monoisotopic (exact) mass is 634 g/mol. The number of nitrogens with one attached hydrogen (secondary N) is 4. The van der Waals surface area contributed by atoms with E-state index in [1.165, 1.54) is 0 Å². The van der Waals surface area contributed by atoms with E-state index in [9.17, 15) is 19.2 Å². The fraction of sp³-hybridized carbons (Fsp3) is 0.200. The molecule has 158 valence electrons. The van der Waals surface area contributed by atoms with Crippen molar-refractivity contribution in [2.75, 3.05) is 0 Å². The van der Waals surface area contributed by atoms with Crippen LogP contribution in [0.4, 0.5) is 0 Å². The first kappa shape index (κ1) is 24.1. The Morgan fingerprint density at radius 1 is 0.633 bits per heavy atom. The van der Waals surface area contributed by atoms with Crippen molar-refractivity contribution < 1.29 is 19.2 Å². The molecule has 0 aromatic heterocycles. The Bertz CT molecular complexity index is 861. The molecule has 0 fully saturated rings. The van der Waals surface area contributed by atoms with E-state index in [4.69, 9.17) is 0 Å². The van der Waals surface area contributed by atoms with Gasteiger partial charge in [-0.15, -0.1) is 0 Å². The first-order valence-electron chi connectivity index (χ1n) is 9.04. The van der Waals surface area contributed by atoms with Gasteiger partial charge in [-0.2, -0.15) is 0 Å². The van der Waals surface area contributed by atoms with Gasteiger partial charge in [-0.05, 0) is 94.4 Å². The maximum atomic E-state index is 12.0. The zero-order valence-corrected chi connectivity index (χ0v) is 20.2. The summed E-state index contributed by atoms with van der Waals surface area (Å²) in [5.41, 5.74) is 10.3. The third-order valence-corrected chi connectivity index (χ3v) is 5.20. The molecule has 2 aromatic carbocycles. The molecular formula is C20H20I2N4O4. The Morgan fingerprint density at radius 3 is 1.40 bits per heavy atom. The second kappa shape index (κ2) is 12.5. The van der Waals surface area contributed by atoms with Crippen LogP contribution in [0.1, 0.15) is 46.4 Å². The molecule has 4 N–H and O–H groups in total. The third kappa shape index (κ3) is 8.65. The van der Waals surface area contributed by atoms with Gasteiger partial charge in [-0.25, -0.2) is 0 Å². The third-order valence-electron chi connectivity index (χ3n) is 3.86. The van der Waals surface area contributed by atoms with Crippen LogP contribution in [-0.2, 0) is 9.59 Å². The van der Waals surface area contributed by atoms with Crippen LogP contribution in [0, 0.1) is 7.14 Å². The molecule has 30 heavy (non-hydrogen) atoms. The maximum absolute atomic E-state index is 12.0. The van der Waals surface area contributed by atoms with Crippen molar-refractivity contribution in [1.29, 1.82) is 0 Å². The summed E-state index contributed by atoms with van der Waals surface area (Å²) in [5.74, 6) is -1.49. The number of unbranched alkanes of at least 4 members (excludes halogenated alkanes) is 1. The minimum Gasteiger partial charge on any atom is -0.273 e. The predicted molar refractivity (Wildman–Crippen MR) is 128 cm³/mol. The van der Waals surface area contributed by atoms with Gasteiger partial charge < -0.3 is 0 Å². The van der Waals surface area contributed by atoms with Gasteiger partial charge in [0, 0.05) is 31.1 Å². The lowest BCUT2D eigenvalue weighted by atomic mass is 10.2. The lowest BCUT2D eigenvalue weighted by molar-refractivity contribution is -0.123. The molecule has 10 heteroatoms. The molecule has 0 radical (unpaired) electrons. The number of hydrazine groups is 2. The van der Waals surface area contributed by atoms with E-state index in [0.717, 1.165) is 7.14 Å². The van der Waals surface area contributed by atoms with Crippen LogP contribution in [0.15, 0.2) is 48.5 Å². The van der Waals surface area contributed by atoms with Crippen LogP contribution in [-0.4, -0.2) is 23.6 Å². The van der Waals surface area contributed by atoms with Crippen LogP contribution in [0.3, 0.4) is 0 Å². The predicted octanol–water partition coefficient (Wildman–Crippen LogP) is 2.68. The highest BCUT2D eigenvalue weighted by molar-refractivity contribution is 14.1. The molecule has 0 bridgehead atoms. The summed E-state index contributed by atoms with van der Waals surface area (Å²) in [6.07, 6.45) is 1.25. The van der Waals surface area contributed by atoms with Gasteiger partial charge in [0.15, 0.2) is 0 Å². The molecule has 0 spiro atoms. The summed E-state index contributed by atoms with van der Waals surface area (Å²) >= 11 is 4.20. The van der Waals surface area contributed by atoms with Crippen LogP contribution < -0.4 is 21.7 Å². The van der Waals surface area contributed by atoms with E-state index in [1.807, 2.05) is 12.1 Å². The van der Waals surface area contributed by atoms with E-state index >= 15 is 0 Å². The Balaban J connectivity index is 1.59. The lowest BCUT2D eigenvalue weighted by Gasteiger charge is -2.09. The van der Waals surface area contributed by atoms with E-state index in [1.54, 1.807) is 36.4 Å². The van der Waals surface area contributed by atoms with Crippen molar-refractivity contribution in [2.24, 2.45) is 0 Å². The molecule has 0 aliphatic carbocycles. The number of rotatable bonds is 7. The van der Waals surface area contributed by atoms with Gasteiger partial charge in [0.25, 0.3) is 11.8 Å². The Hall–Kier alpha value is -2.22. The number of benzene rings is 2. The summed E-state index contributed by atoms with van der Waals surface area (Å²) in [4.78, 5) is 47.5. The second-order valence-corrected chi connectivity index (χ2v) is 8.72. The number of halogens is 2. The van der Waals surface area contributed by atoms with Crippen molar-refractivity contribution in [3.05, 3.63) is 66.8 Å². The van der Waals surface area contributed by atoms with Crippen molar-refractivity contribution in [2.45, 2.75) is 25.7 Å². The first-order chi connectivity index (χ1) is 14.3. The summed E-state index contributed by atoms with van der Waals surface area (Å²) in [7, 11) is 0. The fourth-order valence-electron chi connectivity index (χ4n) is 2.35. The molecule has 8 nitrogen and oxygen atoms in total. The molecule has 0 atom stereocenters. The van der Waals surface area contributed by atoms with E-state index in [2.05, 4.69) is 66.9 Å². The van der Waals surface area contributed by atoms with Gasteiger partial charge in [-0.1, -0.05) is 12.1 Å². The minimum atomic E-state index is -0.398. The molecule has 2 aromatic rings. The zero-order chi connectivity index (χ0) is 21.9. The highest BCUT2D eigenvalue weighted by Crippen LogP contribution is 2.08. The fourth-order valence-corrected chi connectivity index (χ4v) is 3.44. The number of carbonyl (C=O) groups is 4. The molecule has 2 rings (SSSR count). The molecule has 0 unspecified atom stereocenters. The summed E-state index contributed by atoms with van der Waals surface area (Å²) in [5, 5.41) is 0. The lowest BCUT2D eigenvalue weighted by Crippen LogP contribution is -2.42. The molecule has 0 aliphatic heterocycles. The molecular weight excluding hydrogens is 614 g/mol. The normalized spacial score (nSPS) is 10.1. The van der Waals surface area contributed by atoms with Crippen LogP contribution in [0.25, 0.3) is 0 Å². The van der Waals surface area contributed by atoms with Gasteiger partial charge in [0.2, 0.25) is 11.8 Å². The summed E-state index contributed by atoms with van der Waals surface area (Å²) in [6.45, 7) is 0. The summed E-state index contributed by atoms with van der Waals surface area (Å²) < 4.78 is 1.83. The molecule has 0 heterocycles. The highest BCUT2D eigenvalue weighted by atomic mass is 127. The summed E-state index contributed by atoms with van der Waals surface area (Å²) in [6, 6.07) is 14.0. The molecule has 0 saturated carbocycles. The highest BCUT2D eigenvalue weighted by Gasteiger charge is 2.10. The van der Waals surface area contributed by atoms with E-state index < -0.39 is 11.8 Å². The van der Waals surface area contributed by atoms with Crippen molar-refractivity contribution in [3.8, 4) is 0 Å². The second-order valence-electron chi connectivity index (χ2n) is 6.23. The van der Waals surface area contributed by atoms with Crippen molar-refractivity contribution >= 4 is 68.8 Å². The smallest absolute Gasteiger partial charge is 0.269 e. The van der Waals surface area contributed by atoms with Gasteiger partial charge in [0.05, 0.1) is 0 Å². The number of hydrogen-bond donors (Lipinski definition) is 4. The van der Waals surface area contributed by atoms with E-state index in [-0.39, 0.29) is 24.7 Å². The Kier molecular flexibility index (Phi) is 10.00. The number of hydrogen-bond acceptors (Lipinski definition) is 4. The average Bonchev–Trinajstić information content (AvgIpc) is 2.73. The van der Waals surface area contributed by atoms with Crippen LogP contribution >= 0.6 is 45.2 Å². The SMILES string of the molecule is O=C(CCCCC(=O)NNC(=O)c1cccc(I)c1)NNC(=O)c1cccc(I)c1. The average molecular weight is 634 g/mol. The maximum Gasteiger partial charge on any atom is 0.269 e. The van der Waals surface area contributed by atoms with Crippen molar-refractivity contribution in [1.82, 2.24) is 21.7 Å². The Labute approximate surface area is 201 Å². The minimum absolute atomic E-state index is 0.161. The molecule has 0 saturated heterocycles. The largest absolute Gasteiger partial charge is 0.273 e. The molecule has 4 amide bonds. The first-order valence-corrected chi connectivity index (χ1v) is 11.2. The number of carbonyl (C=O) groups excluding carboxylic acids is 4. The van der Waals surface area contributed by atoms with Crippen LogP contribution in [0.2, 0.25) is 0 Å². The number of amides is 4. The van der Waals surface area contributed by atoms with Crippen LogP contribution in [0.5, 0.6) is 0 Å².